The molecular weight excluding hydrogens is 272 g/mol. The SMILES string of the molecule is Cc1ccccc1C(=O)[C@@](O)(C(=O)O)[C@H](O)C(=O)O.O. The van der Waals surface area contributed by atoms with Gasteiger partial charge in [0.2, 0.25) is 5.78 Å². The van der Waals surface area contributed by atoms with Crippen LogP contribution < -0.4 is 0 Å². The molecule has 2 atom stereocenters. The van der Waals surface area contributed by atoms with Gasteiger partial charge < -0.3 is 25.9 Å². The van der Waals surface area contributed by atoms with Crippen LogP contribution in [0.1, 0.15) is 15.9 Å². The molecule has 110 valence electrons. The first-order chi connectivity index (χ1) is 8.72. The Morgan fingerprint density at radius 2 is 1.65 bits per heavy atom. The Balaban J connectivity index is 0.00000361. The van der Waals surface area contributed by atoms with Crippen molar-refractivity contribution in [3.8, 4) is 0 Å². The zero-order valence-corrected chi connectivity index (χ0v) is 10.4. The average Bonchev–Trinajstić information content (AvgIpc) is 2.36. The zero-order valence-electron chi connectivity index (χ0n) is 10.4. The number of carbonyl (C=O) groups is 3. The highest BCUT2D eigenvalue weighted by molar-refractivity contribution is 6.18. The minimum Gasteiger partial charge on any atom is -0.479 e. The third-order valence-corrected chi connectivity index (χ3v) is 2.69. The summed E-state index contributed by atoms with van der Waals surface area (Å²) >= 11 is 0. The van der Waals surface area contributed by atoms with Crippen LogP contribution >= 0.6 is 0 Å². The van der Waals surface area contributed by atoms with Gasteiger partial charge in [-0.05, 0) is 12.5 Å². The van der Waals surface area contributed by atoms with E-state index in [4.69, 9.17) is 10.2 Å². The van der Waals surface area contributed by atoms with E-state index in [1.165, 1.54) is 25.1 Å². The van der Waals surface area contributed by atoms with Crippen molar-refractivity contribution in [1.29, 1.82) is 0 Å². The Kier molecular flexibility index (Phi) is 5.52. The summed E-state index contributed by atoms with van der Waals surface area (Å²) in [6.45, 7) is 1.49. The van der Waals surface area contributed by atoms with Gasteiger partial charge in [0.15, 0.2) is 6.10 Å². The molecule has 1 aromatic carbocycles. The molecular formula is C12H14O8. The molecule has 0 spiro atoms. The second-order valence-corrected chi connectivity index (χ2v) is 3.96. The van der Waals surface area contributed by atoms with Crippen molar-refractivity contribution in [3.63, 3.8) is 0 Å². The summed E-state index contributed by atoms with van der Waals surface area (Å²) in [6.07, 6.45) is -2.77. The van der Waals surface area contributed by atoms with Gasteiger partial charge in [0.25, 0.3) is 5.60 Å². The molecule has 6 N–H and O–H groups in total. The number of benzene rings is 1. The maximum Gasteiger partial charge on any atom is 0.347 e. The molecule has 8 nitrogen and oxygen atoms in total. The lowest BCUT2D eigenvalue weighted by Gasteiger charge is -2.25. The number of ketones is 1. The number of hydrogen-bond acceptors (Lipinski definition) is 5. The van der Waals surface area contributed by atoms with E-state index in [1.807, 2.05) is 0 Å². The van der Waals surface area contributed by atoms with Crippen LogP contribution in [0.2, 0.25) is 0 Å². The van der Waals surface area contributed by atoms with Crippen LogP contribution in [0.5, 0.6) is 0 Å². The molecule has 0 amide bonds. The molecule has 20 heavy (non-hydrogen) atoms. The van der Waals surface area contributed by atoms with E-state index in [9.17, 15) is 24.6 Å². The first-order valence-electron chi connectivity index (χ1n) is 5.20. The van der Waals surface area contributed by atoms with Crippen molar-refractivity contribution in [2.45, 2.75) is 18.6 Å². The molecule has 0 saturated heterocycles. The number of carboxylic acids is 2. The van der Waals surface area contributed by atoms with E-state index in [0.29, 0.717) is 5.56 Å². The van der Waals surface area contributed by atoms with E-state index in [-0.39, 0.29) is 11.0 Å². The lowest BCUT2D eigenvalue weighted by Crippen LogP contribution is -2.59. The standard InChI is InChI=1S/C12H12O7.H2O/c1-6-4-2-3-5-7(6)8(13)12(19,11(17)18)9(14)10(15)16;/h2-5,9,14,19H,1H3,(H,15,16)(H,17,18);1H2/t9-,12+;/m1./s1. The molecule has 0 aromatic heterocycles. The van der Waals surface area contributed by atoms with Crippen LogP contribution in [-0.2, 0) is 9.59 Å². The third kappa shape index (κ3) is 2.82. The molecule has 0 saturated carbocycles. The van der Waals surface area contributed by atoms with Crippen molar-refractivity contribution in [2.24, 2.45) is 0 Å². The maximum absolute atomic E-state index is 12.0. The van der Waals surface area contributed by atoms with Crippen molar-refractivity contribution >= 4 is 17.7 Å². The number of carbonyl (C=O) groups excluding carboxylic acids is 1. The largest absolute Gasteiger partial charge is 0.479 e. The second-order valence-electron chi connectivity index (χ2n) is 3.96. The third-order valence-electron chi connectivity index (χ3n) is 2.69. The molecule has 0 aliphatic heterocycles. The van der Waals surface area contributed by atoms with Crippen molar-refractivity contribution in [3.05, 3.63) is 35.4 Å². The number of Topliss-reactive ketones (excluding diaryl/α,β-unsaturated/α-hetero) is 1. The summed E-state index contributed by atoms with van der Waals surface area (Å²) in [5, 5.41) is 36.6. The summed E-state index contributed by atoms with van der Waals surface area (Å²) in [7, 11) is 0. The number of aliphatic carboxylic acids is 2. The fourth-order valence-corrected chi connectivity index (χ4v) is 1.55. The molecule has 0 aliphatic carbocycles. The van der Waals surface area contributed by atoms with E-state index in [2.05, 4.69) is 0 Å². The van der Waals surface area contributed by atoms with E-state index in [0.717, 1.165) is 0 Å². The number of carboxylic acid groups (broad SMARTS) is 2. The number of aliphatic hydroxyl groups is 2. The van der Waals surface area contributed by atoms with Gasteiger partial charge in [-0.1, -0.05) is 24.3 Å². The smallest absolute Gasteiger partial charge is 0.347 e. The molecule has 0 unspecified atom stereocenters. The fourth-order valence-electron chi connectivity index (χ4n) is 1.55. The predicted molar refractivity (Wildman–Crippen MR) is 65.4 cm³/mol. The normalized spacial score (nSPS) is 14.6. The molecule has 0 bridgehead atoms. The van der Waals surface area contributed by atoms with E-state index in [1.54, 1.807) is 6.07 Å². The van der Waals surface area contributed by atoms with Gasteiger partial charge in [0.05, 0.1) is 0 Å². The minimum atomic E-state index is -3.43. The van der Waals surface area contributed by atoms with Gasteiger partial charge in [-0.15, -0.1) is 0 Å². The van der Waals surface area contributed by atoms with Crippen LogP contribution in [0.3, 0.4) is 0 Å². The van der Waals surface area contributed by atoms with Crippen LogP contribution in [0.4, 0.5) is 0 Å². The van der Waals surface area contributed by atoms with Gasteiger partial charge in [-0.3, -0.25) is 4.79 Å². The molecule has 0 radical (unpaired) electrons. The van der Waals surface area contributed by atoms with Crippen molar-refractivity contribution in [1.82, 2.24) is 0 Å². The summed E-state index contributed by atoms with van der Waals surface area (Å²) in [5.74, 6) is -5.52. The molecule has 0 heterocycles. The summed E-state index contributed by atoms with van der Waals surface area (Å²) in [4.78, 5) is 33.7. The first kappa shape index (κ1) is 17.7. The van der Waals surface area contributed by atoms with Gasteiger partial charge >= 0.3 is 11.9 Å². The number of hydrogen-bond donors (Lipinski definition) is 4. The van der Waals surface area contributed by atoms with Gasteiger partial charge in [-0.2, -0.15) is 0 Å². The lowest BCUT2D eigenvalue weighted by molar-refractivity contribution is -0.175. The van der Waals surface area contributed by atoms with Crippen LogP contribution in [-0.4, -0.2) is 55.3 Å². The number of rotatable bonds is 5. The number of aliphatic hydroxyl groups excluding tert-OH is 1. The average molecular weight is 286 g/mol. The van der Waals surface area contributed by atoms with Gasteiger partial charge in [0, 0.05) is 5.56 Å². The second kappa shape index (κ2) is 6.24. The Morgan fingerprint density at radius 1 is 1.15 bits per heavy atom. The molecule has 0 aliphatic rings. The molecule has 1 rings (SSSR count). The van der Waals surface area contributed by atoms with Crippen molar-refractivity contribution < 1.29 is 40.3 Å². The molecule has 8 heteroatoms. The zero-order chi connectivity index (χ0) is 14.8. The Labute approximate surface area is 113 Å². The first-order valence-corrected chi connectivity index (χ1v) is 5.20. The Morgan fingerprint density at radius 3 is 2.05 bits per heavy atom. The highest BCUT2D eigenvalue weighted by Crippen LogP contribution is 2.21. The van der Waals surface area contributed by atoms with Crippen molar-refractivity contribution in [2.75, 3.05) is 0 Å². The lowest BCUT2D eigenvalue weighted by atomic mass is 9.86. The van der Waals surface area contributed by atoms with Crippen LogP contribution in [0.15, 0.2) is 24.3 Å². The van der Waals surface area contributed by atoms with Crippen LogP contribution in [0, 0.1) is 6.92 Å². The van der Waals surface area contributed by atoms with Crippen LogP contribution in [0.25, 0.3) is 0 Å². The quantitative estimate of drug-likeness (QED) is 0.382. The highest BCUT2D eigenvalue weighted by Gasteiger charge is 2.54. The summed E-state index contributed by atoms with van der Waals surface area (Å²) in [5.41, 5.74) is -3.25. The minimum absolute atomic E-state index is 0. The highest BCUT2D eigenvalue weighted by atomic mass is 16.4. The fraction of sp³-hybridized carbons (Fsp3) is 0.250. The predicted octanol–water partition coefficient (Wildman–Crippen LogP) is -1.39. The molecule has 0 fully saturated rings. The summed E-state index contributed by atoms with van der Waals surface area (Å²) in [6, 6.07) is 5.73. The topological polar surface area (TPSA) is 164 Å². The number of aryl methyl sites for hydroxylation is 1. The Bertz CT molecular complexity index is 538. The van der Waals surface area contributed by atoms with Gasteiger partial charge in [0.1, 0.15) is 0 Å². The van der Waals surface area contributed by atoms with E-state index < -0.39 is 29.4 Å². The Hall–Kier alpha value is -2.29. The van der Waals surface area contributed by atoms with E-state index >= 15 is 0 Å². The maximum atomic E-state index is 12.0. The van der Waals surface area contributed by atoms with Gasteiger partial charge in [-0.25, -0.2) is 9.59 Å². The monoisotopic (exact) mass is 286 g/mol. The molecule has 1 aromatic rings. The summed E-state index contributed by atoms with van der Waals surface area (Å²) < 4.78 is 0.